The van der Waals surface area contributed by atoms with Crippen LogP contribution in [0.2, 0.25) is 0 Å². The smallest absolute Gasteiger partial charge is 0.271 e. The van der Waals surface area contributed by atoms with Crippen molar-refractivity contribution in [2.75, 3.05) is 19.3 Å². The van der Waals surface area contributed by atoms with E-state index in [1.165, 1.54) is 4.90 Å². The number of aromatic nitrogens is 1. The van der Waals surface area contributed by atoms with Gasteiger partial charge >= 0.3 is 0 Å². The van der Waals surface area contributed by atoms with Crippen molar-refractivity contribution in [2.45, 2.75) is 19.9 Å². The lowest BCUT2D eigenvalue weighted by molar-refractivity contribution is 0.0800. The third kappa shape index (κ3) is 2.37. The summed E-state index contributed by atoms with van der Waals surface area (Å²) in [6, 6.07) is 1.87. The molecule has 4 heteroatoms. The topological polar surface area (TPSA) is 51.3 Å². The SMILES string of the molecule is C#CCN(C)C(=O)c1cc(N)cn1C(C)C. The van der Waals surface area contributed by atoms with Crippen molar-refractivity contribution in [1.82, 2.24) is 9.47 Å². The van der Waals surface area contributed by atoms with Crippen LogP contribution in [0.1, 0.15) is 30.4 Å². The second kappa shape index (κ2) is 4.75. The van der Waals surface area contributed by atoms with Gasteiger partial charge in [0, 0.05) is 19.3 Å². The lowest BCUT2D eigenvalue weighted by Crippen LogP contribution is -2.29. The summed E-state index contributed by atoms with van der Waals surface area (Å²) in [7, 11) is 1.68. The molecule has 0 unspecified atom stereocenters. The average Bonchev–Trinajstić information content (AvgIpc) is 2.59. The Hall–Kier alpha value is -1.89. The van der Waals surface area contributed by atoms with E-state index >= 15 is 0 Å². The van der Waals surface area contributed by atoms with E-state index in [-0.39, 0.29) is 11.9 Å². The first-order chi connectivity index (χ1) is 7.47. The molecule has 0 radical (unpaired) electrons. The third-order valence-corrected chi connectivity index (χ3v) is 2.32. The number of carbonyl (C=O) groups is 1. The molecular formula is C12H17N3O. The predicted molar refractivity (Wildman–Crippen MR) is 65.0 cm³/mol. The number of terminal acetylenes is 1. The van der Waals surface area contributed by atoms with Gasteiger partial charge in [0.15, 0.2) is 0 Å². The molecule has 0 aliphatic rings. The Morgan fingerprint density at radius 2 is 2.31 bits per heavy atom. The van der Waals surface area contributed by atoms with Gasteiger partial charge in [-0.1, -0.05) is 5.92 Å². The van der Waals surface area contributed by atoms with Crippen molar-refractivity contribution in [3.63, 3.8) is 0 Å². The zero-order chi connectivity index (χ0) is 12.3. The summed E-state index contributed by atoms with van der Waals surface area (Å²) in [5, 5.41) is 0. The Bertz CT molecular complexity index is 426. The quantitative estimate of drug-likeness (QED) is 0.780. The van der Waals surface area contributed by atoms with Crippen LogP contribution in [-0.2, 0) is 0 Å². The fraction of sp³-hybridized carbons (Fsp3) is 0.417. The fourth-order valence-corrected chi connectivity index (χ4v) is 1.50. The van der Waals surface area contributed by atoms with Crippen molar-refractivity contribution >= 4 is 11.6 Å². The van der Waals surface area contributed by atoms with Crippen molar-refractivity contribution in [3.8, 4) is 12.3 Å². The minimum atomic E-state index is -0.108. The van der Waals surface area contributed by atoms with Crippen LogP contribution >= 0.6 is 0 Å². The lowest BCUT2D eigenvalue weighted by Gasteiger charge is -2.17. The van der Waals surface area contributed by atoms with Gasteiger partial charge in [0.1, 0.15) is 5.69 Å². The Labute approximate surface area is 96.0 Å². The van der Waals surface area contributed by atoms with Crippen molar-refractivity contribution in [2.24, 2.45) is 0 Å². The maximum absolute atomic E-state index is 12.0. The molecule has 1 aromatic rings. The Morgan fingerprint density at radius 3 is 2.81 bits per heavy atom. The molecule has 16 heavy (non-hydrogen) atoms. The molecular weight excluding hydrogens is 202 g/mol. The molecule has 2 N–H and O–H groups in total. The highest BCUT2D eigenvalue weighted by Gasteiger charge is 2.17. The minimum Gasteiger partial charge on any atom is -0.397 e. The van der Waals surface area contributed by atoms with E-state index in [0.717, 1.165) is 0 Å². The highest BCUT2D eigenvalue weighted by Crippen LogP contribution is 2.17. The van der Waals surface area contributed by atoms with Crippen LogP contribution in [0.3, 0.4) is 0 Å². The number of nitrogen functional groups attached to an aromatic ring is 1. The second-order valence-corrected chi connectivity index (χ2v) is 4.03. The zero-order valence-electron chi connectivity index (χ0n) is 9.90. The van der Waals surface area contributed by atoms with E-state index in [1.807, 2.05) is 18.4 Å². The monoisotopic (exact) mass is 219 g/mol. The van der Waals surface area contributed by atoms with Crippen molar-refractivity contribution in [1.29, 1.82) is 0 Å². The summed E-state index contributed by atoms with van der Waals surface area (Å²) >= 11 is 0. The van der Waals surface area contributed by atoms with Gasteiger partial charge < -0.3 is 15.2 Å². The number of hydrogen-bond donors (Lipinski definition) is 1. The van der Waals surface area contributed by atoms with Gasteiger partial charge in [-0.05, 0) is 19.9 Å². The van der Waals surface area contributed by atoms with Gasteiger partial charge in [0.05, 0.1) is 12.2 Å². The number of hydrogen-bond acceptors (Lipinski definition) is 2. The van der Waals surface area contributed by atoms with Gasteiger partial charge in [-0.15, -0.1) is 6.42 Å². The Kier molecular flexibility index (Phi) is 3.62. The van der Waals surface area contributed by atoms with Crippen LogP contribution in [-0.4, -0.2) is 29.0 Å². The molecule has 0 saturated carbocycles. The molecule has 86 valence electrons. The number of nitrogens with two attached hydrogens (primary N) is 1. The first kappa shape index (κ1) is 12.2. The summed E-state index contributed by atoms with van der Waals surface area (Å²) < 4.78 is 1.85. The molecule has 1 rings (SSSR count). The molecule has 0 spiro atoms. The Morgan fingerprint density at radius 1 is 1.69 bits per heavy atom. The normalized spacial score (nSPS) is 10.2. The summed E-state index contributed by atoms with van der Waals surface area (Å²) in [5.74, 6) is 2.33. The van der Waals surface area contributed by atoms with Gasteiger partial charge in [-0.2, -0.15) is 0 Å². The van der Waals surface area contributed by atoms with Crippen LogP contribution in [0.4, 0.5) is 5.69 Å². The van der Waals surface area contributed by atoms with Gasteiger partial charge in [-0.25, -0.2) is 0 Å². The number of nitrogens with zero attached hydrogens (tertiary/aromatic N) is 2. The third-order valence-electron chi connectivity index (χ3n) is 2.32. The molecule has 1 amide bonds. The van der Waals surface area contributed by atoms with Gasteiger partial charge in [0.25, 0.3) is 5.91 Å². The number of amides is 1. The largest absolute Gasteiger partial charge is 0.397 e. The molecule has 0 saturated heterocycles. The van der Waals surface area contributed by atoms with Crippen LogP contribution in [0.25, 0.3) is 0 Å². The van der Waals surface area contributed by atoms with Crippen LogP contribution in [0, 0.1) is 12.3 Å². The van der Waals surface area contributed by atoms with E-state index < -0.39 is 0 Å². The van der Waals surface area contributed by atoms with E-state index in [2.05, 4.69) is 5.92 Å². The predicted octanol–water partition coefficient (Wildman–Crippen LogP) is 1.36. The van der Waals surface area contributed by atoms with Crippen molar-refractivity contribution in [3.05, 3.63) is 18.0 Å². The van der Waals surface area contributed by atoms with Crippen LogP contribution < -0.4 is 5.73 Å². The van der Waals surface area contributed by atoms with E-state index in [0.29, 0.717) is 17.9 Å². The molecule has 4 nitrogen and oxygen atoms in total. The zero-order valence-corrected chi connectivity index (χ0v) is 9.90. The van der Waals surface area contributed by atoms with Gasteiger partial charge in [-0.3, -0.25) is 4.79 Å². The maximum atomic E-state index is 12.0. The molecule has 0 bridgehead atoms. The second-order valence-electron chi connectivity index (χ2n) is 4.03. The van der Waals surface area contributed by atoms with E-state index in [1.54, 1.807) is 19.3 Å². The highest BCUT2D eigenvalue weighted by molar-refractivity contribution is 5.93. The number of anilines is 1. The first-order valence-electron chi connectivity index (χ1n) is 5.13. The lowest BCUT2D eigenvalue weighted by atomic mass is 10.3. The fourth-order valence-electron chi connectivity index (χ4n) is 1.50. The maximum Gasteiger partial charge on any atom is 0.271 e. The number of carbonyl (C=O) groups excluding carboxylic acids is 1. The molecule has 0 aliphatic heterocycles. The summed E-state index contributed by atoms with van der Waals surface area (Å²) in [4.78, 5) is 13.5. The van der Waals surface area contributed by atoms with Gasteiger partial charge in [0.2, 0.25) is 0 Å². The minimum absolute atomic E-state index is 0.108. The van der Waals surface area contributed by atoms with Crippen molar-refractivity contribution < 1.29 is 4.79 Å². The summed E-state index contributed by atoms with van der Waals surface area (Å²) in [5.41, 5.74) is 6.86. The molecule has 1 heterocycles. The molecule has 0 aliphatic carbocycles. The standard InChI is InChI=1S/C12H17N3O/c1-5-6-14(4)12(16)11-7-10(13)8-15(11)9(2)3/h1,7-9H,6,13H2,2-4H3. The molecule has 0 fully saturated rings. The van der Waals surface area contributed by atoms with E-state index in [9.17, 15) is 4.79 Å². The Balaban J connectivity index is 3.04. The van der Waals surface area contributed by atoms with Crippen LogP contribution in [0.15, 0.2) is 12.3 Å². The average molecular weight is 219 g/mol. The van der Waals surface area contributed by atoms with Crippen LogP contribution in [0.5, 0.6) is 0 Å². The highest BCUT2D eigenvalue weighted by atomic mass is 16.2. The molecule has 1 aromatic heterocycles. The summed E-state index contributed by atoms with van der Waals surface area (Å²) in [6.45, 7) is 4.29. The molecule has 0 atom stereocenters. The van der Waals surface area contributed by atoms with E-state index in [4.69, 9.17) is 12.2 Å². The molecule has 0 aromatic carbocycles. The number of rotatable bonds is 3. The first-order valence-corrected chi connectivity index (χ1v) is 5.13. The summed E-state index contributed by atoms with van der Waals surface area (Å²) in [6.07, 6.45) is 6.94.